The molecule has 0 saturated carbocycles. The van der Waals surface area contributed by atoms with Crippen LogP contribution in [0.3, 0.4) is 0 Å². The average Bonchev–Trinajstić information content (AvgIpc) is 2.74. The van der Waals surface area contributed by atoms with Gasteiger partial charge in [0.05, 0.1) is 18.6 Å². The predicted octanol–water partition coefficient (Wildman–Crippen LogP) is 2.41. The summed E-state index contributed by atoms with van der Waals surface area (Å²) >= 11 is 1.66. The molecule has 0 radical (unpaired) electrons. The van der Waals surface area contributed by atoms with E-state index in [1.165, 1.54) is 0 Å². The number of hydrogen-bond donors (Lipinski definition) is 1. The van der Waals surface area contributed by atoms with Crippen LogP contribution in [-0.4, -0.2) is 24.8 Å². The fourth-order valence-electron chi connectivity index (χ4n) is 1.71. The molecule has 16 heavy (non-hydrogen) atoms. The second-order valence-electron chi connectivity index (χ2n) is 4.45. The van der Waals surface area contributed by atoms with E-state index in [0.29, 0.717) is 5.94 Å². The highest BCUT2D eigenvalue weighted by Gasteiger charge is 2.27. The standard InChI is InChI=1S/C12H16O3S/c1-12(2,6-13)8-4-10-11(16-7-15-10)5-9(8)14-3/h4-5,13H,6-7H2,1-3H3. The van der Waals surface area contributed by atoms with Crippen LogP contribution in [0.2, 0.25) is 0 Å². The molecule has 0 saturated heterocycles. The Labute approximate surface area is 99.8 Å². The Morgan fingerprint density at radius 3 is 2.88 bits per heavy atom. The molecule has 0 unspecified atom stereocenters. The van der Waals surface area contributed by atoms with Gasteiger partial charge in [0.1, 0.15) is 17.4 Å². The molecular weight excluding hydrogens is 224 g/mol. The fraction of sp³-hybridized carbons (Fsp3) is 0.500. The zero-order valence-corrected chi connectivity index (χ0v) is 10.6. The molecule has 1 aliphatic heterocycles. The molecule has 0 aromatic heterocycles. The number of methoxy groups -OCH3 is 1. The van der Waals surface area contributed by atoms with E-state index in [-0.39, 0.29) is 12.0 Å². The summed E-state index contributed by atoms with van der Waals surface area (Å²) in [6, 6.07) is 3.96. The average molecular weight is 240 g/mol. The first-order chi connectivity index (χ1) is 7.58. The van der Waals surface area contributed by atoms with E-state index in [4.69, 9.17) is 9.47 Å². The van der Waals surface area contributed by atoms with Gasteiger partial charge in [-0.25, -0.2) is 0 Å². The summed E-state index contributed by atoms with van der Waals surface area (Å²) in [7, 11) is 1.65. The quantitative estimate of drug-likeness (QED) is 0.880. The first-order valence-corrected chi connectivity index (χ1v) is 6.16. The maximum absolute atomic E-state index is 9.41. The van der Waals surface area contributed by atoms with Gasteiger partial charge in [0.2, 0.25) is 0 Å². The largest absolute Gasteiger partial charge is 0.496 e. The van der Waals surface area contributed by atoms with Gasteiger partial charge in [0.15, 0.2) is 0 Å². The first kappa shape index (κ1) is 11.6. The highest BCUT2D eigenvalue weighted by atomic mass is 32.2. The lowest BCUT2D eigenvalue weighted by Crippen LogP contribution is -2.22. The SMILES string of the molecule is COc1cc2c(cc1C(C)(C)CO)OCS2. The zero-order valence-electron chi connectivity index (χ0n) is 9.74. The van der Waals surface area contributed by atoms with Gasteiger partial charge in [-0.05, 0) is 12.1 Å². The zero-order chi connectivity index (χ0) is 11.8. The van der Waals surface area contributed by atoms with Crippen LogP contribution < -0.4 is 9.47 Å². The van der Waals surface area contributed by atoms with Crippen molar-refractivity contribution in [3.63, 3.8) is 0 Å². The van der Waals surface area contributed by atoms with Crippen molar-refractivity contribution in [3.05, 3.63) is 17.7 Å². The van der Waals surface area contributed by atoms with Crippen LogP contribution in [0.25, 0.3) is 0 Å². The maximum atomic E-state index is 9.41. The summed E-state index contributed by atoms with van der Waals surface area (Å²) in [6.45, 7) is 4.05. The molecule has 0 atom stereocenters. The second kappa shape index (κ2) is 4.18. The predicted molar refractivity (Wildman–Crippen MR) is 64.5 cm³/mol. The van der Waals surface area contributed by atoms with Gasteiger partial charge in [-0.3, -0.25) is 0 Å². The molecule has 3 nitrogen and oxygen atoms in total. The van der Waals surface area contributed by atoms with Crippen molar-refractivity contribution in [1.29, 1.82) is 0 Å². The molecule has 1 heterocycles. The van der Waals surface area contributed by atoms with Gasteiger partial charge < -0.3 is 14.6 Å². The molecule has 1 N–H and O–H groups in total. The summed E-state index contributed by atoms with van der Waals surface area (Å²) in [4.78, 5) is 1.11. The second-order valence-corrected chi connectivity index (χ2v) is 5.41. The molecule has 0 fully saturated rings. The van der Waals surface area contributed by atoms with Gasteiger partial charge in [0, 0.05) is 11.0 Å². The summed E-state index contributed by atoms with van der Waals surface area (Å²) in [6.07, 6.45) is 0. The lowest BCUT2D eigenvalue weighted by atomic mass is 9.85. The van der Waals surface area contributed by atoms with Gasteiger partial charge in [-0.1, -0.05) is 25.6 Å². The van der Waals surface area contributed by atoms with Crippen LogP contribution in [0.15, 0.2) is 17.0 Å². The molecule has 1 aromatic carbocycles. The summed E-state index contributed by atoms with van der Waals surface area (Å²) in [5, 5.41) is 9.41. The minimum absolute atomic E-state index is 0.0787. The molecule has 0 amide bonds. The van der Waals surface area contributed by atoms with Crippen molar-refractivity contribution in [2.45, 2.75) is 24.2 Å². The molecule has 88 valence electrons. The Bertz CT molecular complexity index is 401. The number of ether oxygens (including phenoxy) is 2. The molecular formula is C12H16O3S. The van der Waals surface area contributed by atoms with E-state index in [2.05, 4.69) is 0 Å². The van der Waals surface area contributed by atoms with Crippen LogP contribution in [0.1, 0.15) is 19.4 Å². The molecule has 0 bridgehead atoms. The van der Waals surface area contributed by atoms with Gasteiger partial charge in [-0.2, -0.15) is 0 Å². The Kier molecular flexibility index (Phi) is 3.04. The van der Waals surface area contributed by atoms with Crippen molar-refractivity contribution in [3.8, 4) is 11.5 Å². The number of fused-ring (bicyclic) bond motifs is 1. The van der Waals surface area contributed by atoms with E-state index >= 15 is 0 Å². The van der Waals surface area contributed by atoms with Crippen molar-refractivity contribution < 1.29 is 14.6 Å². The monoisotopic (exact) mass is 240 g/mol. The fourth-order valence-corrected chi connectivity index (χ4v) is 2.47. The third-order valence-electron chi connectivity index (χ3n) is 2.82. The Hall–Kier alpha value is -0.870. The van der Waals surface area contributed by atoms with Crippen LogP contribution in [0.5, 0.6) is 11.5 Å². The van der Waals surface area contributed by atoms with E-state index in [9.17, 15) is 5.11 Å². The molecule has 1 aromatic rings. The number of aliphatic hydroxyl groups is 1. The van der Waals surface area contributed by atoms with Crippen molar-refractivity contribution in [2.75, 3.05) is 19.7 Å². The van der Waals surface area contributed by atoms with Crippen LogP contribution >= 0.6 is 11.8 Å². The Morgan fingerprint density at radius 2 is 2.25 bits per heavy atom. The van der Waals surface area contributed by atoms with Crippen molar-refractivity contribution in [1.82, 2.24) is 0 Å². The number of hydrogen-bond acceptors (Lipinski definition) is 4. The van der Waals surface area contributed by atoms with Crippen LogP contribution in [0, 0.1) is 0 Å². The highest BCUT2D eigenvalue weighted by molar-refractivity contribution is 7.99. The number of benzene rings is 1. The lowest BCUT2D eigenvalue weighted by molar-refractivity contribution is 0.214. The van der Waals surface area contributed by atoms with Crippen molar-refractivity contribution in [2.24, 2.45) is 0 Å². The molecule has 1 aliphatic rings. The number of thioether (sulfide) groups is 1. The Balaban J connectivity index is 2.52. The third-order valence-corrected chi connectivity index (χ3v) is 3.68. The molecule has 4 heteroatoms. The number of rotatable bonds is 3. The summed E-state index contributed by atoms with van der Waals surface area (Å²) in [5.74, 6) is 2.36. The minimum Gasteiger partial charge on any atom is -0.496 e. The van der Waals surface area contributed by atoms with Crippen LogP contribution in [0.4, 0.5) is 0 Å². The maximum Gasteiger partial charge on any atom is 0.138 e. The molecule has 2 rings (SSSR count). The van der Waals surface area contributed by atoms with E-state index in [1.807, 2.05) is 26.0 Å². The normalized spacial score (nSPS) is 14.5. The minimum atomic E-state index is -0.322. The van der Waals surface area contributed by atoms with Gasteiger partial charge >= 0.3 is 0 Å². The smallest absolute Gasteiger partial charge is 0.138 e. The first-order valence-electron chi connectivity index (χ1n) is 5.17. The highest BCUT2D eigenvalue weighted by Crippen LogP contribution is 2.43. The van der Waals surface area contributed by atoms with Gasteiger partial charge in [0.25, 0.3) is 0 Å². The number of aliphatic hydroxyl groups excluding tert-OH is 1. The summed E-state index contributed by atoms with van der Waals surface area (Å²) < 4.78 is 10.9. The summed E-state index contributed by atoms with van der Waals surface area (Å²) in [5.41, 5.74) is 0.663. The van der Waals surface area contributed by atoms with E-state index in [1.54, 1.807) is 18.9 Å². The van der Waals surface area contributed by atoms with E-state index in [0.717, 1.165) is 22.0 Å². The molecule has 0 spiro atoms. The molecule has 0 aliphatic carbocycles. The van der Waals surface area contributed by atoms with Crippen molar-refractivity contribution >= 4 is 11.8 Å². The Morgan fingerprint density at radius 1 is 1.50 bits per heavy atom. The topological polar surface area (TPSA) is 38.7 Å². The van der Waals surface area contributed by atoms with Gasteiger partial charge in [-0.15, -0.1) is 0 Å². The third kappa shape index (κ3) is 1.87. The van der Waals surface area contributed by atoms with Crippen LogP contribution in [-0.2, 0) is 5.41 Å². The lowest BCUT2D eigenvalue weighted by Gasteiger charge is -2.25. The van der Waals surface area contributed by atoms with E-state index < -0.39 is 0 Å².